The van der Waals surface area contributed by atoms with E-state index in [-0.39, 0.29) is 17.6 Å². The van der Waals surface area contributed by atoms with Crippen molar-refractivity contribution in [2.24, 2.45) is 0 Å². The average molecular weight is 401 g/mol. The number of rotatable bonds is 7. The van der Waals surface area contributed by atoms with E-state index in [1.807, 2.05) is 56.3 Å². The first-order chi connectivity index (χ1) is 13.4. The highest BCUT2D eigenvalue weighted by Crippen LogP contribution is 2.25. The highest BCUT2D eigenvalue weighted by atomic mass is 32.2. The number of ether oxygens (including phenoxy) is 1. The van der Waals surface area contributed by atoms with Crippen LogP contribution in [0.5, 0.6) is 0 Å². The molecule has 28 heavy (non-hydrogen) atoms. The van der Waals surface area contributed by atoms with Gasteiger partial charge >= 0.3 is 5.97 Å². The van der Waals surface area contributed by atoms with Gasteiger partial charge in [0.1, 0.15) is 16.5 Å². The first kappa shape index (κ1) is 20.1. The van der Waals surface area contributed by atoms with Gasteiger partial charge in [-0.3, -0.25) is 9.36 Å². The second kappa shape index (κ2) is 8.56. The highest BCUT2D eigenvalue weighted by molar-refractivity contribution is 7.71. The summed E-state index contributed by atoms with van der Waals surface area (Å²) in [6, 6.07) is 13.3. The first-order valence-corrected chi connectivity index (χ1v) is 10.7. The summed E-state index contributed by atoms with van der Waals surface area (Å²) in [5.41, 5.74) is 4.27. The molecule has 0 radical (unpaired) electrons. The molecule has 0 saturated carbocycles. The highest BCUT2D eigenvalue weighted by Gasteiger charge is 2.17. The van der Waals surface area contributed by atoms with E-state index in [2.05, 4.69) is 9.55 Å². The molecule has 0 bridgehead atoms. The predicted molar refractivity (Wildman–Crippen MR) is 110 cm³/mol. The van der Waals surface area contributed by atoms with Crippen LogP contribution in [0, 0.1) is 0 Å². The van der Waals surface area contributed by atoms with Gasteiger partial charge in [0.15, 0.2) is 0 Å². The molecule has 1 heterocycles. The molecule has 1 unspecified atom stereocenters. The maximum Gasteiger partial charge on any atom is 0.313 e. The van der Waals surface area contributed by atoms with Crippen molar-refractivity contribution in [3.05, 3.63) is 59.4 Å². The summed E-state index contributed by atoms with van der Waals surface area (Å²) in [6.07, 6.45) is 0.737. The van der Waals surface area contributed by atoms with Crippen molar-refractivity contribution in [3.8, 4) is 5.69 Å². The third-order valence-electron chi connectivity index (χ3n) is 4.71. The molecule has 0 spiro atoms. The Morgan fingerprint density at radius 3 is 2.46 bits per heavy atom. The topological polar surface area (TPSA) is 78.3 Å². The number of nitrogens with zero attached hydrogens (tertiary/aromatic N) is 2. The minimum absolute atomic E-state index is 0.0139. The average Bonchev–Trinajstić information content (AvgIpc) is 3.05. The first-order valence-electron chi connectivity index (χ1n) is 9.33. The Bertz CT molecular complexity index is 1060. The van der Waals surface area contributed by atoms with Crippen LogP contribution in [0.4, 0.5) is 0 Å². The summed E-state index contributed by atoms with van der Waals surface area (Å²) in [7, 11) is -2.47. The molecule has 0 aliphatic rings. The molecule has 6 nitrogen and oxygen atoms in total. The number of carbonyl (C=O) groups excluding carboxylic acids is 1. The summed E-state index contributed by atoms with van der Waals surface area (Å²) in [5.74, 6) is 0.350. The number of imidazole rings is 1. The van der Waals surface area contributed by atoms with E-state index in [0.29, 0.717) is 6.61 Å². The number of hydrogen-bond donors (Lipinski definition) is 1. The Balaban J connectivity index is 1.99. The maximum atomic E-state index is 12.0. The minimum Gasteiger partial charge on any atom is -0.466 e. The lowest BCUT2D eigenvalue weighted by molar-refractivity contribution is -0.144. The third kappa shape index (κ3) is 4.09. The van der Waals surface area contributed by atoms with Gasteiger partial charge in [0.05, 0.1) is 29.3 Å². The summed E-state index contributed by atoms with van der Waals surface area (Å²) in [4.78, 5) is 16.6. The van der Waals surface area contributed by atoms with E-state index in [9.17, 15) is 13.2 Å². The van der Waals surface area contributed by atoms with Crippen LogP contribution >= 0.6 is 0 Å². The lowest BCUT2D eigenvalue weighted by Gasteiger charge is -2.13. The molecule has 3 aromatic rings. The monoisotopic (exact) mass is 400 g/mol. The third-order valence-corrected chi connectivity index (χ3v) is 5.33. The van der Waals surface area contributed by atoms with Crippen LogP contribution in [0.15, 0.2) is 42.5 Å². The largest absolute Gasteiger partial charge is 0.466 e. The van der Waals surface area contributed by atoms with Crippen LogP contribution in [0.3, 0.4) is 0 Å². The van der Waals surface area contributed by atoms with Gasteiger partial charge in [-0.15, -0.1) is 0 Å². The van der Waals surface area contributed by atoms with Gasteiger partial charge in [-0.2, -0.15) is 0 Å². The molecule has 0 amide bonds. The van der Waals surface area contributed by atoms with E-state index in [0.717, 1.165) is 40.1 Å². The van der Waals surface area contributed by atoms with Gasteiger partial charge in [0.2, 0.25) is 0 Å². The molecule has 1 atom stereocenters. The van der Waals surface area contributed by atoms with Gasteiger partial charge in [-0.05, 0) is 49.2 Å². The zero-order valence-electron chi connectivity index (χ0n) is 16.2. The second-order valence-corrected chi connectivity index (χ2v) is 7.58. The molecule has 0 N–H and O–H groups in total. The molecule has 2 aromatic carbocycles. The van der Waals surface area contributed by atoms with Crippen LogP contribution in [0.1, 0.15) is 43.6 Å². The predicted octanol–water partition coefficient (Wildman–Crippen LogP) is 3.37. The number of thiol groups is 1. The van der Waals surface area contributed by atoms with Gasteiger partial charge in [0.25, 0.3) is 0 Å². The summed E-state index contributed by atoms with van der Waals surface area (Å²) >= 11 is 0. The molecular weight excluding hydrogens is 376 g/mol. The zero-order chi connectivity index (χ0) is 20.3. The number of fused-ring (bicyclic) bond motifs is 1. The molecule has 1 aromatic heterocycles. The lowest BCUT2D eigenvalue weighted by Crippen LogP contribution is -2.13. The molecule has 0 aliphatic heterocycles. The molecule has 0 aliphatic carbocycles. The molecule has 0 fully saturated rings. The van der Waals surface area contributed by atoms with Crippen LogP contribution in [0.2, 0.25) is 0 Å². The normalized spacial score (nSPS) is 12.4. The van der Waals surface area contributed by atoms with Crippen molar-refractivity contribution in [3.63, 3.8) is 0 Å². The van der Waals surface area contributed by atoms with Gasteiger partial charge < -0.3 is 4.74 Å². The summed E-state index contributed by atoms with van der Waals surface area (Å²) in [5, 5.41) is 0. The second-order valence-electron chi connectivity index (χ2n) is 6.60. The number of hydrogen-bond acceptors (Lipinski definition) is 5. The summed E-state index contributed by atoms with van der Waals surface area (Å²) in [6.45, 7) is 6.03. The zero-order valence-corrected chi connectivity index (χ0v) is 17.1. The van der Waals surface area contributed by atoms with Crippen molar-refractivity contribution in [2.45, 2.75) is 38.9 Å². The van der Waals surface area contributed by atoms with E-state index in [1.54, 1.807) is 6.92 Å². The maximum absolute atomic E-state index is 12.0. The fourth-order valence-electron chi connectivity index (χ4n) is 3.26. The number of aryl methyl sites for hydroxylation is 1. The molecule has 148 valence electrons. The van der Waals surface area contributed by atoms with Crippen LogP contribution in [-0.4, -0.2) is 30.5 Å². The molecular formula is C21H24N2O4S. The molecule has 3 rings (SSSR count). The van der Waals surface area contributed by atoms with E-state index in [1.165, 1.54) is 0 Å². The number of benzene rings is 2. The minimum atomic E-state index is -2.47. The smallest absolute Gasteiger partial charge is 0.313 e. The number of esters is 1. The Morgan fingerprint density at radius 2 is 1.86 bits per heavy atom. The van der Waals surface area contributed by atoms with Gasteiger partial charge in [-0.1, -0.05) is 25.1 Å². The quantitative estimate of drug-likeness (QED) is 0.486. The molecule has 7 heteroatoms. The fourth-order valence-corrected chi connectivity index (χ4v) is 3.76. The van der Waals surface area contributed by atoms with Crippen molar-refractivity contribution >= 4 is 27.7 Å². The van der Waals surface area contributed by atoms with Crippen LogP contribution in [0.25, 0.3) is 16.7 Å². The summed E-state index contributed by atoms with van der Waals surface area (Å²) < 4.78 is 29.2. The fraction of sp³-hybridized carbons (Fsp3) is 0.333. The Hall–Kier alpha value is -2.67. The van der Waals surface area contributed by atoms with E-state index >= 15 is 0 Å². The van der Waals surface area contributed by atoms with Crippen molar-refractivity contribution < 1.29 is 17.9 Å². The molecule has 0 saturated heterocycles. The van der Waals surface area contributed by atoms with Crippen molar-refractivity contribution in [2.75, 3.05) is 6.61 Å². The van der Waals surface area contributed by atoms with E-state index < -0.39 is 10.7 Å². The number of carbonyl (C=O) groups is 1. The van der Waals surface area contributed by atoms with Gasteiger partial charge in [-0.25, -0.2) is 13.4 Å². The Labute approximate surface area is 166 Å². The standard InChI is InChI=1S/C21H24N2O4S/c1-4-20-22-18-12-15(13-28(25)26)6-11-19(18)23(20)17-9-7-16(8-10-17)14(3)21(24)27-5-2/h6-12,14,28H,4-5,13H2,1-3H3. The van der Waals surface area contributed by atoms with E-state index in [4.69, 9.17) is 4.74 Å². The SMILES string of the molecule is CCOC(=O)C(C)c1ccc(-n2c(CC)nc3cc(C[SH](=O)=O)ccc32)cc1. The Morgan fingerprint density at radius 1 is 1.14 bits per heavy atom. The van der Waals surface area contributed by atoms with Crippen LogP contribution < -0.4 is 0 Å². The Kier molecular flexibility index (Phi) is 6.14. The lowest BCUT2D eigenvalue weighted by atomic mass is 10.0. The van der Waals surface area contributed by atoms with Crippen molar-refractivity contribution in [1.82, 2.24) is 9.55 Å². The van der Waals surface area contributed by atoms with Gasteiger partial charge in [0, 0.05) is 12.1 Å². The number of aromatic nitrogens is 2. The van der Waals surface area contributed by atoms with Crippen molar-refractivity contribution in [1.29, 1.82) is 0 Å². The van der Waals surface area contributed by atoms with Crippen LogP contribution in [-0.2, 0) is 32.4 Å².